The number of esters is 4. The molecule has 0 spiro atoms. The van der Waals surface area contributed by atoms with Gasteiger partial charge in [-0.15, -0.1) is 0 Å². The maximum atomic E-state index is 12.4. The lowest BCUT2D eigenvalue weighted by Crippen LogP contribution is -2.52. The molecule has 1 unspecified atom stereocenters. The fourth-order valence-electron chi connectivity index (χ4n) is 2.73. The molecule has 15 heteroatoms. The van der Waals surface area contributed by atoms with Crippen molar-refractivity contribution < 1.29 is 38.2 Å². The fraction of sp³-hybridized carbons (Fsp3) is 0.727. The molecule has 0 saturated heterocycles. The summed E-state index contributed by atoms with van der Waals surface area (Å²) >= 11 is 7.85. The van der Waals surface area contributed by atoms with E-state index >= 15 is 0 Å². The standard InChI is InChI=1S/C22H39N5O8S2/c1-10(2)16(26-18(29)13(24)8-36)21(32)34-15(28)7-5-6-12(23)20(31)35-22(33)17(11(3)4)27-19(30)14(25)9-37/h10-14,16-17,36-37H,5-9,23-25H2,1-4H3,(H,26,29)(H,27,30)/t12?,13-,14-,16+,17+/m0/s1. The number of rotatable bonds is 15. The first-order valence-electron chi connectivity index (χ1n) is 11.7. The van der Waals surface area contributed by atoms with Gasteiger partial charge in [0, 0.05) is 17.9 Å². The molecule has 0 rings (SSSR count). The molecular formula is C22H39N5O8S2. The van der Waals surface area contributed by atoms with Gasteiger partial charge in [-0.1, -0.05) is 27.7 Å². The van der Waals surface area contributed by atoms with Crippen LogP contribution in [0.15, 0.2) is 0 Å². The Balaban J connectivity index is 4.75. The van der Waals surface area contributed by atoms with Crippen molar-refractivity contribution in [2.45, 2.75) is 77.2 Å². The monoisotopic (exact) mass is 565 g/mol. The molecule has 8 N–H and O–H groups in total. The van der Waals surface area contributed by atoms with E-state index in [4.69, 9.17) is 26.7 Å². The normalized spacial score (nSPS) is 15.2. The second kappa shape index (κ2) is 17.3. The number of hydrogen-bond donors (Lipinski definition) is 7. The zero-order valence-corrected chi connectivity index (χ0v) is 23.3. The summed E-state index contributed by atoms with van der Waals surface area (Å²) in [6, 6.07) is -5.35. The molecule has 0 aromatic rings. The van der Waals surface area contributed by atoms with E-state index in [1.54, 1.807) is 27.7 Å². The minimum atomic E-state index is -1.25. The number of amides is 2. The van der Waals surface area contributed by atoms with Crippen LogP contribution in [0.4, 0.5) is 0 Å². The van der Waals surface area contributed by atoms with Gasteiger partial charge >= 0.3 is 23.9 Å². The lowest BCUT2D eigenvalue weighted by atomic mass is 10.0. The zero-order valence-electron chi connectivity index (χ0n) is 21.5. The van der Waals surface area contributed by atoms with Crippen molar-refractivity contribution in [1.82, 2.24) is 10.6 Å². The van der Waals surface area contributed by atoms with E-state index in [-0.39, 0.29) is 36.7 Å². The van der Waals surface area contributed by atoms with Crippen molar-refractivity contribution in [2.24, 2.45) is 29.0 Å². The number of nitrogens with two attached hydrogens (primary N) is 3. The predicted octanol–water partition coefficient (Wildman–Crippen LogP) is -1.58. The molecule has 0 aliphatic rings. The Labute approximate surface area is 227 Å². The first-order chi connectivity index (χ1) is 17.2. The van der Waals surface area contributed by atoms with E-state index in [1.807, 2.05) is 0 Å². The van der Waals surface area contributed by atoms with E-state index in [1.165, 1.54) is 0 Å². The van der Waals surface area contributed by atoms with E-state index < -0.39 is 71.8 Å². The summed E-state index contributed by atoms with van der Waals surface area (Å²) in [6.07, 6.45) is -0.275. The molecular weight excluding hydrogens is 526 g/mol. The topological polar surface area (TPSA) is 223 Å². The smallest absolute Gasteiger partial charge is 0.336 e. The number of carbonyl (C=O) groups excluding carboxylic acids is 6. The average molecular weight is 566 g/mol. The van der Waals surface area contributed by atoms with Crippen LogP contribution in [0.2, 0.25) is 0 Å². The highest BCUT2D eigenvalue weighted by atomic mass is 32.1. The average Bonchev–Trinajstić information content (AvgIpc) is 2.83. The Bertz CT molecular complexity index is 827. The molecule has 0 fully saturated rings. The molecule has 0 radical (unpaired) electrons. The molecule has 0 aliphatic carbocycles. The fourth-order valence-corrected chi connectivity index (χ4v) is 3.06. The van der Waals surface area contributed by atoms with Crippen LogP contribution in [-0.4, -0.2) is 77.4 Å². The van der Waals surface area contributed by atoms with E-state index in [2.05, 4.69) is 35.9 Å². The third-order valence-electron chi connectivity index (χ3n) is 5.12. The van der Waals surface area contributed by atoms with E-state index in [0.29, 0.717) is 0 Å². The Kier molecular flexibility index (Phi) is 16.3. The molecule has 0 aromatic heterocycles. The van der Waals surface area contributed by atoms with Crippen LogP contribution in [0.3, 0.4) is 0 Å². The Morgan fingerprint density at radius 3 is 1.46 bits per heavy atom. The number of hydrogen-bond acceptors (Lipinski definition) is 13. The summed E-state index contributed by atoms with van der Waals surface area (Å²) in [5, 5.41) is 4.84. The van der Waals surface area contributed by atoms with E-state index in [9.17, 15) is 28.8 Å². The van der Waals surface area contributed by atoms with Crippen LogP contribution in [0.1, 0.15) is 47.0 Å². The lowest BCUT2D eigenvalue weighted by Gasteiger charge is -2.22. The summed E-state index contributed by atoms with van der Waals surface area (Å²) < 4.78 is 9.59. The molecule has 2 amide bonds. The van der Waals surface area contributed by atoms with Crippen LogP contribution in [0.25, 0.3) is 0 Å². The number of thiol groups is 2. The maximum Gasteiger partial charge on any atom is 0.336 e. The quantitative estimate of drug-likeness (QED) is 0.0681. The summed E-state index contributed by atoms with van der Waals surface area (Å²) in [7, 11) is 0. The van der Waals surface area contributed by atoms with Gasteiger partial charge in [0.2, 0.25) is 11.8 Å². The van der Waals surface area contributed by atoms with E-state index in [0.717, 1.165) is 0 Å². The summed E-state index contributed by atoms with van der Waals surface area (Å²) in [6.45, 7) is 6.58. The maximum absolute atomic E-state index is 12.4. The third-order valence-corrected chi connectivity index (χ3v) is 5.90. The minimum Gasteiger partial charge on any atom is -0.392 e. The van der Waals surface area contributed by atoms with Crippen molar-refractivity contribution in [2.75, 3.05) is 11.5 Å². The van der Waals surface area contributed by atoms with Crippen molar-refractivity contribution >= 4 is 60.9 Å². The van der Waals surface area contributed by atoms with Gasteiger partial charge in [0.15, 0.2) is 0 Å². The van der Waals surface area contributed by atoms with Gasteiger partial charge in [-0.2, -0.15) is 25.3 Å². The summed E-state index contributed by atoms with van der Waals surface area (Å²) in [5.74, 6) is -5.79. The van der Waals surface area contributed by atoms with Crippen molar-refractivity contribution in [3.8, 4) is 0 Å². The number of nitrogens with one attached hydrogen (secondary N) is 2. The van der Waals surface area contributed by atoms with Gasteiger partial charge in [-0.05, 0) is 24.7 Å². The highest BCUT2D eigenvalue weighted by molar-refractivity contribution is 7.80. The molecule has 0 saturated carbocycles. The predicted molar refractivity (Wildman–Crippen MR) is 141 cm³/mol. The molecule has 0 aliphatic heterocycles. The molecule has 212 valence electrons. The van der Waals surface area contributed by atoms with Gasteiger partial charge in [0.1, 0.15) is 18.1 Å². The van der Waals surface area contributed by atoms with Gasteiger partial charge in [0.25, 0.3) is 0 Å². The summed E-state index contributed by atoms with van der Waals surface area (Å²) in [4.78, 5) is 72.9. The lowest BCUT2D eigenvalue weighted by molar-refractivity contribution is -0.165. The number of ether oxygens (including phenoxy) is 2. The third kappa shape index (κ3) is 12.7. The highest BCUT2D eigenvalue weighted by Gasteiger charge is 2.31. The van der Waals surface area contributed by atoms with Gasteiger partial charge < -0.3 is 37.3 Å². The Hall–Kier alpha value is -2.20. The Morgan fingerprint density at radius 1 is 0.676 bits per heavy atom. The second-order valence-corrected chi connectivity index (χ2v) is 9.80. The summed E-state index contributed by atoms with van der Waals surface area (Å²) in [5.41, 5.74) is 16.9. The first kappa shape index (κ1) is 34.8. The van der Waals surface area contributed by atoms with Crippen LogP contribution < -0.4 is 27.8 Å². The SMILES string of the molecule is CC(C)[C@@H](NC(=O)[C@@H](N)CS)C(=O)OC(=O)CCCC(N)C(=O)OC(=O)[C@H](NC(=O)[C@@H](N)CS)C(C)C. The van der Waals surface area contributed by atoms with Crippen molar-refractivity contribution in [3.63, 3.8) is 0 Å². The van der Waals surface area contributed by atoms with Crippen molar-refractivity contribution in [1.29, 1.82) is 0 Å². The largest absolute Gasteiger partial charge is 0.392 e. The number of carbonyl (C=O) groups is 6. The van der Waals surface area contributed by atoms with Crippen LogP contribution in [0.5, 0.6) is 0 Å². The van der Waals surface area contributed by atoms with Crippen LogP contribution in [-0.2, 0) is 38.2 Å². The highest BCUT2D eigenvalue weighted by Crippen LogP contribution is 2.10. The molecule has 13 nitrogen and oxygen atoms in total. The molecule has 37 heavy (non-hydrogen) atoms. The first-order valence-corrected chi connectivity index (χ1v) is 13.0. The second-order valence-electron chi connectivity index (χ2n) is 9.07. The van der Waals surface area contributed by atoms with Crippen LogP contribution in [0, 0.1) is 11.8 Å². The Morgan fingerprint density at radius 2 is 1.08 bits per heavy atom. The zero-order chi connectivity index (χ0) is 28.9. The minimum absolute atomic E-state index is 0.0426. The molecule has 0 aromatic carbocycles. The molecule has 5 atom stereocenters. The molecule has 0 heterocycles. The van der Waals surface area contributed by atoms with Gasteiger partial charge in [-0.25, -0.2) is 14.4 Å². The van der Waals surface area contributed by atoms with Crippen LogP contribution >= 0.6 is 25.3 Å². The van der Waals surface area contributed by atoms with Gasteiger partial charge in [-0.3, -0.25) is 14.4 Å². The van der Waals surface area contributed by atoms with Gasteiger partial charge in [0.05, 0.1) is 12.1 Å². The van der Waals surface area contributed by atoms with Crippen molar-refractivity contribution in [3.05, 3.63) is 0 Å². The molecule has 0 bridgehead atoms.